The molecule has 1 aromatic heterocycles. The normalized spacial score (nSPS) is 10.4. The van der Waals surface area contributed by atoms with Crippen LogP contribution in [0.25, 0.3) is 0 Å². The summed E-state index contributed by atoms with van der Waals surface area (Å²) in [7, 11) is 0. The third-order valence-electron chi connectivity index (χ3n) is 2.03. The highest BCUT2D eigenvalue weighted by Gasteiger charge is 2.15. The Morgan fingerprint density at radius 1 is 1.55 bits per heavy atom. The van der Waals surface area contributed by atoms with Gasteiger partial charge in [0.15, 0.2) is 0 Å². The van der Waals surface area contributed by atoms with E-state index in [1.54, 1.807) is 26.8 Å². The molecule has 0 aliphatic rings. The number of hydrogen-bond donors (Lipinski definition) is 2. The van der Waals surface area contributed by atoms with Crippen LogP contribution in [0.15, 0.2) is 12.3 Å². The van der Waals surface area contributed by atoms with Crippen molar-refractivity contribution in [1.82, 2.24) is 10.3 Å². The molecule has 0 saturated carbocycles. The van der Waals surface area contributed by atoms with Crippen LogP contribution in [0.4, 0.5) is 10.6 Å². The number of nitrogen functional groups attached to an aromatic ring is 1. The first-order valence-corrected chi connectivity index (χ1v) is 6.52. The first-order valence-electron chi connectivity index (χ1n) is 6.14. The van der Waals surface area contributed by atoms with Gasteiger partial charge in [-0.05, 0) is 26.8 Å². The highest BCUT2D eigenvalue weighted by molar-refractivity contribution is 6.30. The van der Waals surface area contributed by atoms with E-state index in [9.17, 15) is 4.79 Å². The van der Waals surface area contributed by atoms with Crippen LogP contribution in [-0.2, 0) is 4.74 Å². The Balaban J connectivity index is 2.40. The van der Waals surface area contributed by atoms with Gasteiger partial charge in [0, 0.05) is 19.2 Å². The number of nitrogens with zero attached hydrogens (tertiary/aromatic N) is 1. The summed E-state index contributed by atoms with van der Waals surface area (Å²) in [6.45, 7) is 5.82. The number of pyridine rings is 1. The molecule has 3 N–H and O–H groups in total. The molecule has 1 amide bonds. The molecule has 108 valence electrons. The van der Waals surface area contributed by atoms with Gasteiger partial charge >= 0.3 is 6.09 Å². The van der Waals surface area contributed by atoms with Gasteiger partial charge in [0.1, 0.15) is 11.4 Å². The molecule has 0 aromatic carbocycles. The minimum Gasteiger partial charge on any atom is -0.444 e. The van der Waals surface area contributed by atoms with Crippen LogP contribution in [0.5, 0.6) is 0 Å². The van der Waals surface area contributed by atoms with E-state index in [0.29, 0.717) is 29.4 Å². The smallest absolute Gasteiger partial charge is 0.407 e. The quantitative estimate of drug-likeness (QED) is 0.649. The van der Waals surface area contributed by atoms with Crippen molar-refractivity contribution < 1.29 is 9.53 Å². The van der Waals surface area contributed by atoms with Crippen LogP contribution in [0.3, 0.4) is 0 Å². The van der Waals surface area contributed by atoms with Crippen LogP contribution >= 0.6 is 11.6 Å². The third-order valence-corrected chi connectivity index (χ3v) is 2.23. The second kappa shape index (κ2) is 7.01. The van der Waals surface area contributed by atoms with Gasteiger partial charge in [0.05, 0.1) is 10.6 Å². The highest BCUT2D eigenvalue weighted by Crippen LogP contribution is 2.13. The summed E-state index contributed by atoms with van der Waals surface area (Å²) in [5, 5.41) is 3.10. The minimum absolute atomic E-state index is 0.335. The van der Waals surface area contributed by atoms with Gasteiger partial charge in [-0.15, -0.1) is 0 Å². The van der Waals surface area contributed by atoms with E-state index in [1.807, 2.05) is 0 Å². The van der Waals surface area contributed by atoms with Crippen LogP contribution in [0, 0.1) is 11.8 Å². The zero-order chi connectivity index (χ0) is 15.2. The number of hydrogen-bond acceptors (Lipinski definition) is 4. The number of nitrogens with two attached hydrogens (primary N) is 1. The fourth-order valence-electron chi connectivity index (χ4n) is 1.25. The lowest BCUT2D eigenvalue weighted by Crippen LogP contribution is -2.32. The summed E-state index contributed by atoms with van der Waals surface area (Å²) in [5.74, 6) is 6.09. The van der Waals surface area contributed by atoms with Crippen LogP contribution in [-0.4, -0.2) is 23.2 Å². The van der Waals surface area contributed by atoms with E-state index in [2.05, 4.69) is 22.1 Å². The molecular weight excluding hydrogens is 278 g/mol. The Morgan fingerprint density at radius 2 is 2.25 bits per heavy atom. The molecule has 1 aromatic rings. The Labute approximate surface area is 123 Å². The van der Waals surface area contributed by atoms with Crippen LogP contribution < -0.4 is 11.1 Å². The van der Waals surface area contributed by atoms with Gasteiger partial charge in [-0.2, -0.15) is 0 Å². The van der Waals surface area contributed by atoms with E-state index in [-0.39, 0.29) is 0 Å². The van der Waals surface area contributed by atoms with Crippen molar-refractivity contribution in [3.8, 4) is 11.8 Å². The van der Waals surface area contributed by atoms with Crippen molar-refractivity contribution in [2.75, 3.05) is 12.3 Å². The number of anilines is 1. The molecule has 0 atom stereocenters. The number of carbonyl (C=O) groups excluding carboxylic acids is 1. The molecule has 0 bridgehead atoms. The molecule has 0 radical (unpaired) electrons. The number of ether oxygens (including phenoxy) is 1. The Kier molecular flexibility index (Phi) is 5.66. The molecule has 1 heterocycles. The number of halogens is 1. The van der Waals surface area contributed by atoms with E-state index in [1.165, 1.54) is 6.20 Å². The Morgan fingerprint density at radius 3 is 2.90 bits per heavy atom. The summed E-state index contributed by atoms with van der Waals surface area (Å²) in [5.41, 5.74) is 5.73. The van der Waals surface area contributed by atoms with Crippen molar-refractivity contribution in [2.45, 2.75) is 32.8 Å². The van der Waals surface area contributed by atoms with Gasteiger partial charge in [0.2, 0.25) is 0 Å². The Bertz CT molecular complexity index is 542. The zero-order valence-electron chi connectivity index (χ0n) is 11.8. The topological polar surface area (TPSA) is 77.2 Å². The largest absolute Gasteiger partial charge is 0.444 e. The first-order chi connectivity index (χ1) is 9.28. The SMILES string of the molecule is CC(C)(C)OC(=O)NCCC#Cc1cc(Cl)cnc1N. The predicted molar refractivity (Wildman–Crippen MR) is 79.4 cm³/mol. The second-order valence-electron chi connectivity index (χ2n) is 5.07. The average Bonchev–Trinajstić information content (AvgIpc) is 2.30. The molecular formula is C14H18ClN3O2. The summed E-state index contributed by atoms with van der Waals surface area (Å²) in [6.07, 6.45) is 1.49. The maximum atomic E-state index is 11.4. The van der Waals surface area contributed by atoms with Crippen molar-refractivity contribution >= 4 is 23.5 Å². The van der Waals surface area contributed by atoms with Gasteiger partial charge in [-0.25, -0.2) is 9.78 Å². The van der Waals surface area contributed by atoms with Gasteiger partial charge < -0.3 is 15.8 Å². The summed E-state index contributed by atoms with van der Waals surface area (Å²) in [4.78, 5) is 15.3. The average molecular weight is 296 g/mol. The lowest BCUT2D eigenvalue weighted by Gasteiger charge is -2.19. The van der Waals surface area contributed by atoms with Crippen molar-refractivity contribution in [1.29, 1.82) is 0 Å². The van der Waals surface area contributed by atoms with Crippen molar-refractivity contribution in [3.63, 3.8) is 0 Å². The van der Waals surface area contributed by atoms with E-state index < -0.39 is 11.7 Å². The summed E-state index contributed by atoms with van der Waals surface area (Å²) < 4.78 is 5.09. The predicted octanol–water partition coefficient (Wildman–Crippen LogP) is 2.58. The van der Waals surface area contributed by atoms with Gasteiger partial charge in [-0.3, -0.25) is 0 Å². The molecule has 0 unspecified atom stereocenters. The summed E-state index contributed by atoms with van der Waals surface area (Å²) >= 11 is 5.80. The lowest BCUT2D eigenvalue weighted by atomic mass is 10.2. The second-order valence-corrected chi connectivity index (χ2v) is 5.50. The lowest BCUT2D eigenvalue weighted by molar-refractivity contribution is 0.0529. The van der Waals surface area contributed by atoms with Crippen LogP contribution in [0.2, 0.25) is 5.02 Å². The Hall–Kier alpha value is -1.93. The molecule has 5 nitrogen and oxygen atoms in total. The van der Waals surface area contributed by atoms with Gasteiger partial charge in [-0.1, -0.05) is 23.4 Å². The molecule has 0 saturated heterocycles. The zero-order valence-corrected chi connectivity index (χ0v) is 12.5. The monoisotopic (exact) mass is 295 g/mol. The fraction of sp³-hybridized carbons (Fsp3) is 0.429. The minimum atomic E-state index is -0.503. The third kappa shape index (κ3) is 6.30. The molecule has 0 fully saturated rings. The molecule has 0 aliphatic heterocycles. The number of carbonyl (C=O) groups is 1. The number of rotatable bonds is 2. The van der Waals surface area contributed by atoms with Crippen molar-refractivity contribution in [2.24, 2.45) is 0 Å². The molecule has 20 heavy (non-hydrogen) atoms. The fourth-order valence-corrected chi connectivity index (χ4v) is 1.41. The maximum absolute atomic E-state index is 11.4. The highest BCUT2D eigenvalue weighted by atomic mass is 35.5. The van der Waals surface area contributed by atoms with E-state index in [0.717, 1.165) is 0 Å². The first kappa shape index (κ1) is 16.1. The van der Waals surface area contributed by atoms with E-state index in [4.69, 9.17) is 22.1 Å². The standard InChI is InChI=1S/C14H18ClN3O2/c1-14(2,3)20-13(19)17-7-5-4-6-10-8-11(15)9-18-12(10)16/h8-9H,5,7H2,1-3H3,(H2,16,18)(H,17,19). The summed E-state index contributed by atoms with van der Waals surface area (Å²) in [6, 6.07) is 1.65. The molecule has 0 spiro atoms. The van der Waals surface area contributed by atoms with Crippen molar-refractivity contribution in [3.05, 3.63) is 22.8 Å². The number of nitrogens with one attached hydrogen (secondary N) is 1. The number of aromatic nitrogens is 1. The number of amides is 1. The maximum Gasteiger partial charge on any atom is 0.407 e. The van der Waals surface area contributed by atoms with Crippen LogP contribution in [0.1, 0.15) is 32.8 Å². The van der Waals surface area contributed by atoms with Gasteiger partial charge in [0.25, 0.3) is 0 Å². The molecule has 6 heteroatoms. The molecule has 1 rings (SSSR count). The van der Waals surface area contributed by atoms with E-state index >= 15 is 0 Å². The number of alkyl carbamates (subject to hydrolysis) is 1. The molecule has 0 aliphatic carbocycles.